The molecular weight excluding hydrogens is 434 g/mol. The third-order valence-corrected chi connectivity index (χ3v) is 7.20. The standard InChI is InChI=1S/C25H35N5O2S/c1-18-15-21(30(27-18)24(2,3)4)22(31)29-14-11-25(17-29)9-12-28(13-10-25)23(33)26-19-7-6-8-20(16-19)32-5/h6-8,15-16H,9-14,17H2,1-5H3,(H,26,33). The first-order chi connectivity index (χ1) is 15.6. The van der Waals surface area contributed by atoms with Gasteiger partial charge >= 0.3 is 0 Å². The molecule has 2 aliphatic rings. The van der Waals surface area contributed by atoms with E-state index in [-0.39, 0.29) is 16.9 Å². The van der Waals surface area contributed by atoms with Gasteiger partial charge in [-0.05, 0) is 82.8 Å². The molecule has 1 aromatic heterocycles. The molecule has 0 radical (unpaired) electrons. The number of hydrogen-bond donors (Lipinski definition) is 1. The van der Waals surface area contributed by atoms with Crippen LogP contribution in [0.15, 0.2) is 30.3 Å². The number of hydrogen-bond acceptors (Lipinski definition) is 4. The van der Waals surface area contributed by atoms with Crippen LogP contribution in [-0.2, 0) is 5.54 Å². The van der Waals surface area contributed by atoms with Gasteiger partial charge in [-0.25, -0.2) is 0 Å². The highest BCUT2D eigenvalue weighted by Crippen LogP contribution is 2.41. The van der Waals surface area contributed by atoms with Crippen molar-refractivity contribution in [2.75, 3.05) is 38.6 Å². The molecule has 7 nitrogen and oxygen atoms in total. The summed E-state index contributed by atoms with van der Waals surface area (Å²) in [5, 5.41) is 8.67. The number of benzene rings is 1. The largest absolute Gasteiger partial charge is 0.497 e. The number of aromatic nitrogens is 2. The van der Waals surface area contributed by atoms with Gasteiger partial charge in [0.2, 0.25) is 0 Å². The summed E-state index contributed by atoms with van der Waals surface area (Å²) in [7, 11) is 1.66. The van der Waals surface area contributed by atoms with E-state index >= 15 is 0 Å². The first-order valence-electron chi connectivity index (χ1n) is 11.7. The molecule has 0 saturated carbocycles. The van der Waals surface area contributed by atoms with Crippen molar-refractivity contribution in [2.24, 2.45) is 5.41 Å². The van der Waals surface area contributed by atoms with E-state index in [4.69, 9.17) is 17.0 Å². The normalized spacial score (nSPS) is 18.0. The number of rotatable bonds is 3. The number of aryl methyl sites for hydroxylation is 1. The molecule has 3 heterocycles. The number of nitrogens with one attached hydrogen (secondary N) is 1. The van der Waals surface area contributed by atoms with Crippen LogP contribution >= 0.6 is 12.2 Å². The van der Waals surface area contributed by atoms with Crippen molar-refractivity contribution in [3.8, 4) is 5.75 Å². The molecule has 4 rings (SSSR count). The van der Waals surface area contributed by atoms with Crippen LogP contribution in [0.1, 0.15) is 56.2 Å². The summed E-state index contributed by atoms with van der Waals surface area (Å²) in [6.45, 7) is 11.6. The number of nitrogens with zero attached hydrogens (tertiary/aromatic N) is 4. The van der Waals surface area contributed by atoms with Gasteiger partial charge in [-0.1, -0.05) is 6.07 Å². The number of carbonyl (C=O) groups excluding carboxylic acids is 1. The van der Waals surface area contributed by atoms with Gasteiger partial charge in [0.05, 0.1) is 18.3 Å². The molecule has 0 aliphatic carbocycles. The number of amides is 1. The Morgan fingerprint density at radius 1 is 1.12 bits per heavy atom. The quantitative estimate of drug-likeness (QED) is 0.677. The number of piperidine rings is 1. The zero-order chi connectivity index (χ0) is 23.8. The van der Waals surface area contributed by atoms with Gasteiger partial charge in [-0.15, -0.1) is 0 Å². The van der Waals surface area contributed by atoms with Crippen molar-refractivity contribution in [2.45, 2.75) is 52.5 Å². The second-order valence-electron chi connectivity index (χ2n) is 10.4. The van der Waals surface area contributed by atoms with Crippen LogP contribution in [0.4, 0.5) is 5.69 Å². The Balaban J connectivity index is 1.36. The fraction of sp³-hybridized carbons (Fsp3) is 0.560. The molecule has 0 unspecified atom stereocenters. The minimum atomic E-state index is -0.229. The summed E-state index contributed by atoms with van der Waals surface area (Å²) in [6.07, 6.45) is 3.12. The third kappa shape index (κ3) is 5.00. The van der Waals surface area contributed by atoms with Crippen molar-refractivity contribution in [1.29, 1.82) is 0 Å². The van der Waals surface area contributed by atoms with Gasteiger partial charge in [0.25, 0.3) is 5.91 Å². The van der Waals surface area contributed by atoms with Crippen LogP contribution in [0.5, 0.6) is 5.75 Å². The molecule has 33 heavy (non-hydrogen) atoms. The number of likely N-dealkylation sites (tertiary alicyclic amines) is 2. The van der Waals surface area contributed by atoms with E-state index in [2.05, 4.69) is 36.1 Å². The van der Waals surface area contributed by atoms with Gasteiger partial charge in [-0.3, -0.25) is 9.48 Å². The van der Waals surface area contributed by atoms with E-state index in [0.29, 0.717) is 5.69 Å². The zero-order valence-corrected chi connectivity index (χ0v) is 21.2. The Labute approximate surface area is 202 Å². The predicted octanol–water partition coefficient (Wildman–Crippen LogP) is 4.28. The van der Waals surface area contributed by atoms with Crippen molar-refractivity contribution >= 4 is 28.9 Å². The Morgan fingerprint density at radius 2 is 1.79 bits per heavy atom. The summed E-state index contributed by atoms with van der Waals surface area (Å²) in [5.41, 5.74) is 2.46. The maximum Gasteiger partial charge on any atom is 0.272 e. The summed E-state index contributed by atoms with van der Waals surface area (Å²) < 4.78 is 7.18. The minimum Gasteiger partial charge on any atom is -0.497 e. The predicted molar refractivity (Wildman–Crippen MR) is 135 cm³/mol. The lowest BCUT2D eigenvalue weighted by Crippen LogP contribution is -2.46. The van der Waals surface area contributed by atoms with Gasteiger partial charge in [-0.2, -0.15) is 5.10 Å². The number of anilines is 1. The molecule has 1 N–H and O–H groups in total. The van der Waals surface area contributed by atoms with E-state index in [0.717, 1.165) is 67.7 Å². The Morgan fingerprint density at radius 3 is 2.42 bits per heavy atom. The molecule has 1 aromatic carbocycles. The highest BCUT2D eigenvalue weighted by Gasteiger charge is 2.43. The lowest BCUT2D eigenvalue weighted by molar-refractivity contribution is 0.0729. The minimum absolute atomic E-state index is 0.0973. The average molecular weight is 470 g/mol. The molecule has 0 bridgehead atoms. The molecule has 8 heteroatoms. The van der Waals surface area contributed by atoms with E-state index in [1.165, 1.54) is 0 Å². The maximum absolute atomic E-state index is 13.4. The molecular formula is C25H35N5O2S. The molecule has 1 amide bonds. The maximum atomic E-state index is 13.4. The lowest BCUT2D eigenvalue weighted by Gasteiger charge is -2.40. The van der Waals surface area contributed by atoms with E-state index in [1.807, 2.05) is 46.8 Å². The number of carbonyl (C=O) groups is 1. The summed E-state index contributed by atoms with van der Waals surface area (Å²) >= 11 is 5.68. The first kappa shape index (κ1) is 23.5. The zero-order valence-electron chi connectivity index (χ0n) is 20.4. The Kier molecular flexibility index (Phi) is 6.40. The fourth-order valence-corrected chi connectivity index (χ4v) is 5.23. The average Bonchev–Trinajstić information content (AvgIpc) is 3.38. The Bertz CT molecular complexity index is 1030. The molecule has 2 fully saturated rings. The number of methoxy groups -OCH3 is 1. The van der Waals surface area contributed by atoms with Gasteiger partial charge < -0.3 is 19.9 Å². The van der Waals surface area contributed by atoms with Crippen LogP contribution < -0.4 is 10.1 Å². The van der Waals surface area contributed by atoms with Crippen LogP contribution in [0.25, 0.3) is 0 Å². The summed E-state index contributed by atoms with van der Waals surface area (Å²) in [6, 6.07) is 9.73. The molecule has 2 saturated heterocycles. The van der Waals surface area contributed by atoms with Crippen LogP contribution in [0.2, 0.25) is 0 Å². The molecule has 2 aliphatic heterocycles. The van der Waals surface area contributed by atoms with Crippen molar-refractivity contribution in [3.63, 3.8) is 0 Å². The SMILES string of the molecule is COc1cccc(NC(=S)N2CCC3(CCN(C(=O)c4cc(C)nn4C(C)(C)C)C3)CC2)c1. The van der Waals surface area contributed by atoms with Crippen LogP contribution in [0, 0.1) is 12.3 Å². The highest BCUT2D eigenvalue weighted by atomic mass is 32.1. The molecule has 0 atom stereocenters. The summed E-state index contributed by atoms with van der Waals surface area (Å²) in [4.78, 5) is 17.7. The topological polar surface area (TPSA) is 62.6 Å². The van der Waals surface area contributed by atoms with Gasteiger partial charge in [0.15, 0.2) is 5.11 Å². The number of thiocarbonyl (C=S) groups is 1. The highest BCUT2D eigenvalue weighted by molar-refractivity contribution is 7.80. The van der Waals surface area contributed by atoms with Gasteiger partial charge in [0, 0.05) is 37.9 Å². The smallest absolute Gasteiger partial charge is 0.272 e. The van der Waals surface area contributed by atoms with E-state index in [1.54, 1.807) is 7.11 Å². The first-order valence-corrected chi connectivity index (χ1v) is 12.1. The van der Waals surface area contributed by atoms with E-state index < -0.39 is 0 Å². The van der Waals surface area contributed by atoms with Crippen LogP contribution in [-0.4, -0.2) is 63.9 Å². The monoisotopic (exact) mass is 469 g/mol. The van der Waals surface area contributed by atoms with Crippen molar-refractivity contribution in [1.82, 2.24) is 19.6 Å². The van der Waals surface area contributed by atoms with E-state index in [9.17, 15) is 4.79 Å². The van der Waals surface area contributed by atoms with Gasteiger partial charge in [0.1, 0.15) is 11.4 Å². The van der Waals surface area contributed by atoms with Crippen molar-refractivity contribution < 1.29 is 9.53 Å². The molecule has 178 valence electrons. The Hall–Kier alpha value is -2.61. The molecule has 2 aromatic rings. The van der Waals surface area contributed by atoms with Crippen molar-refractivity contribution in [3.05, 3.63) is 41.7 Å². The summed E-state index contributed by atoms with van der Waals surface area (Å²) in [5.74, 6) is 0.902. The lowest BCUT2D eigenvalue weighted by atomic mass is 9.78. The van der Waals surface area contributed by atoms with Crippen LogP contribution in [0.3, 0.4) is 0 Å². The molecule has 1 spiro atoms. The number of ether oxygens (including phenoxy) is 1. The fourth-order valence-electron chi connectivity index (χ4n) is 4.93. The second kappa shape index (κ2) is 8.97. The second-order valence-corrected chi connectivity index (χ2v) is 10.8. The third-order valence-electron chi connectivity index (χ3n) is 6.84.